The summed E-state index contributed by atoms with van der Waals surface area (Å²) in [7, 11) is -2.64. The highest BCUT2D eigenvalue weighted by Crippen LogP contribution is 2.19. The van der Waals surface area contributed by atoms with E-state index >= 15 is 0 Å². The van der Waals surface area contributed by atoms with E-state index < -0.39 is 10.4 Å². The first-order valence-electron chi connectivity index (χ1n) is 5.31. The Hall–Kier alpha value is -0.950. The summed E-state index contributed by atoms with van der Waals surface area (Å²) >= 11 is 0. The van der Waals surface area contributed by atoms with Crippen molar-refractivity contribution in [2.45, 2.75) is 13.8 Å². The lowest BCUT2D eigenvalue weighted by molar-refractivity contribution is 0.365. The van der Waals surface area contributed by atoms with Crippen molar-refractivity contribution in [1.29, 1.82) is 0 Å². The van der Waals surface area contributed by atoms with E-state index in [9.17, 15) is 0 Å². The lowest BCUT2D eigenvalue weighted by Gasteiger charge is -2.31. The first kappa shape index (κ1) is 16.1. The van der Waals surface area contributed by atoms with Gasteiger partial charge in [-0.2, -0.15) is 0 Å². The van der Waals surface area contributed by atoms with E-state index in [-0.39, 0.29) is 0 Å². The minimum absolute atomic E-state index is 1.03. The minimum atomic E-state index is -4.92. The number of nitrogens with zero attached hydrogens (tertiary/aromatic N) is 1. The normalized spacial score (nSPS) is 11.6. The molecule has 98 valence electrons. The van der Waals surface area contributed by atoms with E-state index in [1.807, 2.05) is 0 Å². The van der Waals surface area contributed by atoms with E-state index in [4.69, 9.17) is 17.5 Å². The van der Waals surface area contributed by atoms with Gasteiger partial charge in [0, 0.05) is 0 Å². The maximum atomic E-state index is 8.63. The van der Waals surface area contributed by atoms with Crippen LogP contribution in [-0.4, -0.2) is 37.7 Å². The van der Waals surface area contributed by atoms with Crippen LogP contribution in [0, 0.1) is 0 Å². The average molecular weight is 261 g/mol. The van der Waals surface area contributed by atoms with Gasteiger partial charge in [-0.25, -0.2) is 8.42 Å². The second-order valence-electron chi connectivity index (χ2n) is 3.79. The number of benzene rings is 1. The maximum Gasteiger partial charge on any atom is 0.215 e. The van der Waals surface area contributed by atoms with Crippen molar-refractivity contribution in [1.82, 2.24) is 4.48 Å². The largest absolute Gasteiger partial charge is 0.726 e. The van der Waals surface area contributed by atoms with Gasteiger partial charge in [-0.05, 0) is 26.0 Å². The van der Waals surface area contributed by atoms with Crippen LogP contribution >= 0.6 is 0 Å². The van der Waals surface area contributed by atoms with Gasteiger partial charge in [-0.15, -0.1) is 0 Å². The summed E-state index contributed by atoms with van der Waals surface area (Å²) in [6, 6.07) is 10.7. The van der Waals surface area contributed by atoms with Crippen molar-refractivity contribution in [2.75, 3.05) is 20.1 Å². The molecule has 0 aliphatic heterocycles. The van der Waals surface area contributed by atoms with Crippen LogP contribution in [-0.2, 0) is 10.4 Å². The van der Waals surface area contributed by atoms with Crippen molar-refractivity contribution < 1.29 is 17.5 Å². The first-order chi connectivity index (χ1) is 7.73. The molecule has 0 amide bonds. The number of rotatable bonds is 3. The molecule has 1 aromatic carbocycles. The first-order valence-corrected chi connectivity index (χ1v) is 6.68. The van der Waals surface area contributed by atoms with Gasteiger partial charge in [0.15, 0.2) is 0 Å². The molecule has 0 heterocycles. The Morgan fingerprint density at radius 2 is 1.53 bits per heavy atom. The molecule has 0 unspecified atom stereocenters. The summed E-state index contributed by atoms with van der Waals surface area (Å²) in [6.07, 6.45) is 0. The summed E-state index contributed by atoms with van der Waals surface area (Å²) < 4.78 is 33.9. The van der Waals surface area contributed by atoms with Crippen molar-refractivity contribution in [3.05, 3.63) is 30.3 Å². The molecule has 0 bridgehead atoms. The third-order valence-electron chi connectivity index (χ3n) is 2.78. The molecule has 0 atom stereocenters. The molecule has 0 saturated heterocycles. The van der Waals surface area contributed by atoms with Gasteiger partial charge < -0.3 is 4.55 Å². The standard InChI is InChI=1S/C11H18N.H2O4S/c1-4-12(3,5-2)11-9-7-6-8-10-11;1-5(2,3)4/h6-10H,4-5H2,1-3H3;(H2,1,2,3,4)/q+1;/p-1. The Kier molecular flexibility index (Phi) is 6.33. The fraction of sp³-hybridized carbons (Fsp3) is 0.455. The van der Waals surface area contributed by atoms with Crippen LogP contribution in [0.1, 0.15) is 13.8 Å². The van der Waals surface area contributed by atoms with Gasteiger partial charge >= 0.3 is 0 Å². The molecule has 0 fully saturated rings. The summed E-state index contributed by atoms with van der Waals surface area (Å²) in [5.74, 6) is 0. The summed E-state index contributed by atoms with van der Waals surface area (Å²) in [5, 5.41) is 0. The molecule has 1 rings (SSSR count). The molecule has 6 heteroatoms. The second kappa shape index (κ2) is 6.70. The predicted octanol–water partition coefficient (Wildman–Crippen LogP) is 1.67. The molecule has 0 radical (unpaired) electrons. The topological polar surface area (TPSA) is 77.4 Å². The number of para-hydroxylation sites is 1. The molecule has 0 spiro atoms. The fourth-order valence-electron chi connectivity index (χ4n) is 1.38. The number of hydrogen-bond acceptors (Lipinski definition) is 3. The molecule has 0 aromatic heterocycles. The third kappa shape index (κ3) is 7.06. The van der Waals surface area contributed by atoms with Crippen LogP contribution in [0.3, 0.4) is 0 Å². The smallest absolute Gasteiger partial charge is 0.215 e. The summed E-state index contributed by atoms with van der Waals surface area (Å²) in [5.41, 5.74) is 1.41. The molecule has 0 aliphatic rings. The Morgan fingerprint density at radius 1 is 1.18 bits per heavy atom. The van der Waals surface area contributed by atoms with Crippen LogP contribution in [0.25, 0.3) is 0 Å². The van der Waals surface area contributed by atoms with Crippen LogP contribution in [0.4, 0.5) is 5.69 Å². The van der Waals surface area contributed by atoms with E-state index in [1.165, 1.54) is 5.69 Å². The second-order valence-corrected chi connectivity index (χ2v) is 4.65. The monoisotopic (exact) mass is 261 g/mol. The minimum Gasteiger partial charge on any atom is -0.726 e. The van der Waals surface area contributed by atoms with Gasteiger partial charge in [-0.3, -0.25) is 9.04 Å². The highest BCUT2D eigenvalue weighted by Gasteiger charge is 2.18. The van der Waals surface area contributed by atoms with Crippen LogP contribution in [0.15, 0.2) is 30.3 Å². The Labute approximate surface area is 103 Å². The van der Waals surface area contributed by atoms with Crippen molar-refractivity contribution in [3.8, 4) is 0 Å². The predicted molar refractivity (Wildman–Crippen MR) is 67.6 cm³/mol. The molecule has 1 N–H and O–H groups in total. The molecule has 1 aromatic rings. The van der Waals surface area contributed by atoms with Gasteiger partial charge in [0.05, 0.1) is 20.1 Å². The zero-order chi connectivity index (χ0) is 13.5. The lowest BCUT2D eigenvalue weighted by atomic mass is 10.2. The highest BCUT2D eigenvalue weighted by molar-refractivity contribution is 7.79. The van der Waals surface area contributed by atoms with Gasteiger partial charge in [0.2, 0.25) is 10.4 Å². The quantitative estimate of drug-likeness (QED) is 0.510. The van der Waals surface area contributed by atoms with E-state index in [0.29, 0.717) is 0 Å². The summed E-state index contributed by atoms with van der Waals surface area (Å²) in [4.78, 5) is 0. The Bertz CT molecular complexity index is 404. The molecular formula is C11H19NO4S. The molecule has 17 heavy (non-hydrogen) atoms. The number of quaternary nitrogens is 1. The van der Waals surface area contributed by atoms with Gasteiger partial charge in [0.1, 0.15) is 5.69 Å². The van der Waals surface area contributed by atoms with Crippen molar-refractivity contribution in [2.24, 2.45) is 0 Å². The van der Waals surface area contributed by atoms with Crippen molar-refractivity contribution >= 4 is 16.1 Å². The third-order valence-corrected chi connectivity index (χ3v) is 2.78. The van der Waals surface area contributed by atoms with Crippen LogP contribution in [0.2, 0.25) is 0 Å². The van der Waals surface area contributed by atoms with E-state index in [2.05, 4.69) is 51.2 Å². The molecule has 0 saturated carbocycles. The Morgan fingerprint density at radius 3 is 1.82 bits per heavy atom. The SMILES string of the molecule is CC[N+](C)(CC)c1ccccc1.O=S(=O)([O-])O. The van der Waals surface area contributed by atoms with Crippen molar-refractivity contribution in [3.63, 3.8) is 0 Å². The van der Waals surface area contributed by atoms with Gasteiger partial charge in [0.25, 0.3) is 0 Å². The molecule has 0 aliphatic carbocycles. The van der Waals surface area contributed by atoms with Crippen LogP contribution < -0.4 is 4.48 Å². The zero-order valence-corrected chi connectivity index (χ0v) is 11.1. The van der Waals surface area contributed by atoms with Crippen LogP contribution in [0.5, 0.6) is 0 Å². The van der Waals surface area contributed by atoms with E-state index in [0.717, 1.165) is 17.6 Å². The summed E-state index contributed by atoms with van der Waals surface area (Å²) in [6.45, 7) is 6.77. The highest BCUT2D eigenvalue weighted by atomic mass is 32.3. The lowest BCUT2D eigenvalue weighted by Crippen LogP contribution is -2.44. The fourth-order valence-corrected chi connectivity index (χ4v) is 1.38. The average Bonchev–Trinajstić information content (AvgIpc) is 2.27. The molecular weight excluding hydrogens is 242 g/mol. The van der Waals surface area contributed by atoms with Gasteiger partial charge in [-0.1, -0.05) is 18.2 Å². The Balaban J connectivity index is 0.000000437. The number of hydrogen-bond donors (Lipinski definition) is 1. The molecule has 5 nitrogen and oxygen atoms in total. The maximum absolute atomic E-state index is 8.63. The zero-order valence-electron chi connectivity index (χ0n) is 10.3. The van der Waals surface area contributed by atoms with E-state index in [1.54, 1.807) is 0 Å².